The largest absolute Gasteiger partial charge is 0.429 e. The van der Waals surface area contributed by atoms with Crippen molar-refractivity contribution < 1.29 is 22.3 Å². The second-order valence-electron chi connectivity index (χ2n) is 10.0. The van der Waals surface area contributed by atoms with E-state index in [4.69, 9.17) is 0 Å². The van der Waals surface area contributed by atoms with E-state index in [1.165, 1.54) is 49.5 Å². The van der Waals surface area contributed by atoms with Crippen LogP contribution >= 0.6 is 0 Å². The zero-order chi connectivity index (χ0) is 23.4. The van der Waals surface area contributed by atoms with E-state index in [1.807, 2.05) is 0 Å². The van der Waals surface area contributed by atoms with Crippen LogP contribution in [0.15, 0.2) is 42.5 Å². The standard InChI is InChI=1S/C27H34F4OSi/c1-2-14-33(23-6-4-3-5-7-23)15-12-21(13-16-33)19-8-10-20(11-9-19)22-17-24(28)26(25(29)18-22)32-27(30)31/h3-7,17-21,27H,2,8-16H2,1H3. The van der Waals surface area contributed by atoms with Crippen LogP contribution in [0, 0.1) is 23.5 Å². The molecule has 1 saturated carbocycles. The molecule has 1 aliphatic heterocycles. The highest BCUT2D eigenvalue weighted by molar-refractivity contribution is 6.92. The second-order valence-corrected chi connectivity index (χ2v) is 14.7. The molecule has 0 unspecified atom stereocenters. The van der Waals surface area contributed by atoms with Gasteiger partial charge in [0.05, 0.1) is 8.07 Å². The lowest BCUT2D eigenvalue weighted by atomic mass is 9.72. The molecule has 2 aromatic carbocycles. The van der Waals surface area contributed by atoms with Gasteiger partial charge in [-0.3, -0.25) is 0 Å². The zero-order valence-electron chi connectivity index (χ0n) is 19.3. The molecule has 0 bridgehead atoms. The van der Waals surface area contributed by atoms with Crippen LogP contribution in [-0.2, 0) is 0 Å². The molecule has 1 saturated heterocycles. The highest BCUT2D eigenvalue weighted by Crippen LogP contribution is 2.46. The monoisotopic (exact) mass is 478 g/mol. The fourth-order valence-corrected chi connectivity index (χ4v) is 11.9. The van der Waals surface area contributed by atoms with Gasteiger partial charge in [0.15, 0.2) is 17.4 Å². The summed E-state index contributed by atoms with van der Waals surface area (Å²) in [6, 6.07) is 17.7. The van der Waals surface area contributed by atoms with E-state index in [0.29, 0.717) is 11.5 Å². The normalized spacial score (nSPS) is 28.1. The average molecular weight is 479 g/mol. The van der Waals surface area contributed by atoms with Gasteiger partial charge in [0.1, 0.15) is 0 Å². The van der Waals surface area contributed by atoms with E-state index in [0.717, 1.165) is 31.6 Å². The molecule has 6 heteroatoms. The first kappa shape index (κ1) is 24.3. The molecule has 1 heterocycles. The highest BCUT2D eigenvalue weighted by Gasteiger charge is 2.40. The summed E-state index contributed by atoms with van der Waals surface area (Å²) in [5, 5.41) is 1.62. The minimum Gasteiger partial charge on any atom is -0.429 e. The second kappa shape index (κ2) is 10.6. The summed E-state index contributed by atoms with van der Waals surface area (Å²) < 4.78 is 57.1. The van der Waals surface area contributed by atoms with Crippen molar-refractivity contribution in [2.24, 2.45) is 11.8 Å². The van der Waals surface area contributed by atoms with Crippen LogP contribution in [-0.4, -0.2) is 14.7 Å². The quantitative estimate of drug-likeness (QED) is 0.289. The Labute approximate surface area is 195 Å². The Balaban J connectivity index is 1.35. The molecule has 0 amide bonds. The van der Waals surface area contributed by atoms with Gasteiger partial charge in [-0.05, 0) is 61.1 Å². The van der Waals surface area contributed by atoms with Crippen molar-refractivity contribution >= 4 is 13.3 Å². The maximum absolute atomic E-state index is 14.2. The fourth-order valence-electron chi connectivity index (χ4n) is 6.56. The van der Waals surface area contributed by atoms with Gasteiger partial charge in [0.2, 0.25) is 0 Å². The predicted molar refractivity (Wildman–Crippen MR) is 127 cm³/mol. The summed E-state index contributed by atoms with van der Waals surface area (Å²) in [4.78, 5) is 0. The Hall–Kier alpha value is -1.82. The summed E-state index contributed by atoms with van der Waals surface area (Å²) in [5.41, 5.74) is 0.562. The molecule has 2 aromatic rings. The summed E-state index contributed by atoms with van der Waals surface area (Å²) in [6.45, 7) is -0.935. The van der Waals surface area contributed by atoms with Crippen LogP contribution in [0.2, 0.25) is 18.1 Å². The smallest absolute Gasteiger partial charge is 0.387 e. The van der Waals surface area contributed by atoms with Gasteiger partial charge in [-0.1, -0.05) is 79.8 Å². The third-order valence-electron chi connectivity index (χ3n) is 8.24. The number of alkyl halides is 2. The van der Waals surface area contributed by atoms with Crippen LogP contribution < -0.4 is 9.92 Å². The number of rotatable bonds is 7. The van der Waals surface area contributed by atoms with E-state index in [-0.39, 0.29) is 5.92 Å². The fraction of sp³-hybridized carbons (Fsp3) is 0.556. The van der Waals surface area contributed by atoms with E-state index in [9.17, 15) is 17.6 Å². The Kier molecular flexibility index (Phi) is 7.82. The van der Waals surface area contributed by atoms with Gasteiger partial charge in [-0.25, -0.2) is 8.78 Å². The van der Waals surface area contributed by atoms with Gasteiger partial charge < -0.3 is 4.74 Å². The van der Waals surface area contributed by atoms with E-state index in [1.54, 1.807) is 5.19 Å². The summed E-state index contributed by atoms with van der Waals surface area (Å²) >= 11 is 0. The van der Waals surface area contributed by atoms with Gasteiger partial charge >= 0.3 is 6.61 Å². The lowest BCUT2D eigenvalue weighted by Gasteiger charge is -2.43. The maximum Gasteiger partial charge on any atom is 0.387 e. The number of benzene rings is 2. The van der Waals surface area contributed by atoms with Crippen molar-refractivity contribution in [3.8, 4) is 5.75 Å². The van der Waals surface area contributed by atoms with Gasteiger partial charge in [0.25, 0.3) is 0 Å². The van der Waals surface area contributed by atoms with Crippen molar-refractivity contribution in [1.29, 1.82) is 0 Å². The average Bonchev–Trinajstić information content (AvgIpc) is 2.82. The molecule has 1 aliphatic carbocycles. The van der Waals surface area contributed by atoms with Crippen LogP contribution in [0.1, 0.15) is 63.4 Å². The summed E-state index contributed by atoms with van der Waals surface area (Å²) in [7, 11) is -1.41. The Morgan fingerprint density at radius 2 is 1.45 bits per heavy atom. The molecular formula is C27H34F4OSi. The van der Waals surface area contributed by atoms with Crippen LogP contribution in [0.3, 0.4) is 0 Å². The van der Waals surface area contributed by atoms with Gasteiger partial charge in [-0.2, -0.15) is 8.78 Å². The number of ether oxygens (including phenoxy) is 1. The van der Waals surface area contributed by atoms with Crippen LogP contribution in [0.5, 0.6) is 5.75 Å². The van der Waals surface area contributed by atoms with Crippen molar-refractivity contribution in [3.63, 3.8) is 0 Å². The van der Waals surface area contributed by atoms with Gasteiger partial charge in [-0.15, -0.1) is 0 Å². The predicted octanol–water partition coefficient (Wildman–Crippen LogP) is 8.02. The SMILES string of the molecule is CCC[Si]1(c2ccccc2)CCC(C2CCC(c3cc(F)c(OC(F)F)c(F)c3)CC2)CC1. The first-order valence-electron chi connectivity index (χ1n) is 12.4. The Morgan fingerprint density at radius 3 is 2.00 bits per heavy atom. The number of hydrogen-bond acceptors (Lipinski definition) is 1. The van der Waals surface area contributed by atoms with Crippen LogP contribution in [0.25, 0.3) is 0 Å². The maximum atomic E-state index is 14.2. The molecule has 180 valence electrons. The molecule has 2 aliphatic rings. The van der Waals surface area contributed by atoms with E-state index in [2.05, 4.69) is 42.0 Å². The lowest BCUT2D eigenvalue weighted by Crippen LogP contribution is -2.50. The third-order valence-corrected chi connectivity index (χ3v) is 13.7. The van der Waals surface area contributed by atoms with Crippen molar-refractivity contribution in [2.45, 2.75) is 82.5 Å². The Bertz CT molecular complexity index is 881. The topological polar surface area (TPSA) is 9.23 Å². The summed E-state index contributed by atoms with van der Waals surface area (Å²) in [6.07, 6.45) is 7.80. The first-order chi connectivity index (χ1) is 15.9. The summed E-state index contributed by atoms with van der Waals surface area (Å²) in [5.74, 6) is -1.56. The molecule has 0 atom stereocenters. The minimum absolute atomic E-state index is 0.0762. The number of hydrogen-bond donors (Lipinski definition) is 0. The molecule has 1 nitrogen and oxygen atoms in total. The number of halogens is 4. The Morgan fingerprint density at radius 1 is 0.879 bits per heavy atom. The lowest BCUT2D eigenvalue weighted by molar-refractivity contribution is -0.0546. The molecule has 0 spiro atoms. The first-order valence-corrected chi connectivity index (χ1v) is 15.0. The molecule has 33 heavy (non-hydrogen) atoms. The zero-order valence-corrected chi connectivity index (χ0v) is 20.3. The molecule has 0 radical (unpaired) electrons. The molecule has 2 fully saturated rings. The van der Waals surface area contributed by atoms with Gasteiger partial charge in [0, 0.05) is 0 Å². The van der Waals surface area contributed by atoms with E-state index >= 15 is 0 Å². The van der Waals surface area contributed by atoms with Crippen LogP contribution in [0.4, 0.5) is 17.6 Å². The van der Waals surface area contributed by atoms with Crippen molar-refractivity contribution in [2.75, 3.05) is 0 Å². The molecule has 0 N–H and O–H groups in total. The molecule has 0 aromatic heterocycles. The van der Waals surface area contributed by atoms with E-state index < -0.39 is 32.1 Å². The molecular weight excluding hydrogens is 444 g/mol. The van der Waals surface area contributed by atoms with Crippen molar-refractivity contribution in [1.82, 2.24) is 0 Å². The van der Waals surface area contributed by atoms with Crippen molar-refractivity contribution in [3.05, 3.63) is 59.7 Å². The molecule has 4 rings (SSSR count). The third kappa shape index (κ3) is 5.47. The minimum atomic E-state index is -3.24. The highest BCUT2D eigenvalue weighted by atomic mass is 28.3.